The number of hydrogen-bond acceptors (Lipinski definition) is 5. The van der Waals surface area contributed by atoms with Crippen LogP contribution in [0, 0.1) is 0 Å². The lowest BCUT2D eigenvalue weighted by atomic mass is 10.3. The third-order valence-corrected chi connectivity index (χ3v) is 4.12. The highest BCUT2D eigenvalue weighted by atomic mass is 16.5. The molecule has 21 heavy (non-hydrogen) atoms. The monoisotopic (exact) mass is 292 g/mol. The molecular formula is C14H24N6O. The Morgan fingerprint density at radius 3 is 2.71 bits per heavy atom. The second-order valence-corrected chi connectivity index (χ2v) is 5.53. The summed E-state index contributed by atoms with van der Waals surface area (Å²) < 4.78 is 9.35. The fourth-order valence-electron chi connectivity index (χ4n) is 2.99. The number of nitrogen functional groups attached to an aromatic ring is 1. The summed E-state index contributed by atoms with van der Waals surface area (Å²) in [7, 11) is 1.96. The third kappa shape index (κ3) is 2.75. The molecule has 1 aliphatic rings. The maximum absolute atomic E-state index is 6.09. The van der Waals surface area contributed by atoms with Gasteiger partial charge in [-0.25, -0.2) is 4.98 Å². The van der Waals surface area contributed by atoms with Crippen LogP contribution in [0.5, 0.6) is 0 Å². The number of nitrogens with two attached hydrogens (primary N) is 1. The van der Waals surface area contributed by atoms with Crippen molar-refractivity contribution in [1.29, 1.82) is 0 Å². The van der Waals surface area contributed by atoms with Crippen molar-refractivity contribution < 1.29 is 4.74 Å². The summed E-state index contributed by atoms with van der Waals surface area (Å²) in [5, 5.41) is 4.52. The molecule has 0 spiro atoms. The molecule has 3 rings (SSSR count). The second kappa shape index (κ2) is 6.03. The molecule has 1 saturated heterocycles. The van der Waals surface area contributed by atoms with Crippen molar-refractivity contribution in [2.45, 2.75) is 26.3 Å². The predicted molar refractivity (Wildman–Crippen MR) is 82.2 cm³/mol. The van der Waals surface area contributed by atoms with Crippen LogP contribution in [0.2, 0.25) is 0 Å². The van der Waals surface area contributed by atoms with Gasteiger partial charge in [-0.3, -0.25) is 14.1 Å². The number of anilines is 1. The van der Waals surface area contributed by atoms with Crippen LogP contribution in [0.25, 0.3) is 11.2 Å². The Balaban J connectivity index is 1.71. The Morgan fingerprint density at radius 1 is 1.24 bits per heavy atom. The molecule has 0 unspecified atom stereocenters. The molecular weight excluding hydrogens is 268 g/mol. The molecule has 2 N–H and O–H groups in total. The molecule has 7 nitrogen and oxygen atoms in total. The van der Waals surface area contributed by atoms with Gasteiger partial charge in [0, 0.05) is 33.2 Å². The number of rotatable bonds is 5. The summed E-state index contributed by atoms with van der Waals surface area (Å²) in [5.74, 6) is 0.592. The Kier molecular flexibility index (Phi) is 4.12. The van der Waals surface area contributed by atoms with Crippen LogP contribution in [0.4, 0.5) is 5.95 Å². The lowest BCUT2D eigenvalue weighted by Crippen LogP contribution is -2.37. The van der Waals surface area contributed by atoms with E-state index in [9.17, 15) is 0 Å². The quantitative estimate of drug-likeness (QED) is 0.875. The van der Waals surface area contributed by atoms with Gasteiger partial charge in [-0.05, 0) is 12.8 Å². The van der Waals surface area contributed by atoms with Crippen LogP contribution in [-0.2, 0) is 24.8 Å². The average Bonchev–Trinajstić information content (AvgIpc) is 2.98. The first-order valence-electron chi connectivity index (χ1n) is 7.68. The highest BCUT2D eigenvalue weighted by molar-refractivity contribution is 5.77. The highest BCUT2D eigenvalue weighted by Gasteiger charge is 2.17. The van der Waals surface area contributed by atoms with Gasteiger partial charge in [0.15, 0.2) is 5.65 Å². The molecule has 0 radical (unpaired) electrons. The fourth-order valence-corrected chi connectivity index (χ4v) is 2.99. The number of ether oxygens (including phenoxy) is 1. The van der Waals surface area contributed by atoms with E-state index in [1.807, 2.05) is 11.7 Å². The van der Waals surface area contributed by atoms with Crippen molar-refractivity contribution >= 4 is 17.1 Å². The number of hydrogen-bond donors (Lipinski definition) is 1. The molecule has 3 heterocycles. The van der Waals surface area contributed by atoms with E-state index in [0.29, 0.717) is 5.95 Å². The van der Waals surface area contributed by atoms with Gasteiger partial charge >= 0.3 is 0 Å². The second-order valence-electron chi connectivity index (χ2n) is 5.53. The largest absolute Gasteiger partial charge is 0.379 e. The van der Waals surface area contributed by atoms with E-state index in [1.54, 1.807) is 0 Å². The molecule has 2 aromatic rings. The lowest BCUT2D eigenvalue weighted by molar-refractivity contribution is 0.0370. The minimum atomic E-state index is 0.592. The summed E-state index contributed by atoms with van der Waals surface area (Å²) in [6.45, 7) is 7.79. The zero-order valence-electron chi connectivity index (χ0n) is 12.9. The first-order valence-corrected chi connectivity index (χ1v) is 7.68. The molecule has 0 amide bonds. The Hall–Kier alpha value is -1.60. The van der Waals surface area contributed by atoms with E-state index in [0.717, 1.165) is 69.1 Å². The Labute approximate surface area is 124 Å². The average molecular weight is 292 g/mol. The number of imidazole rings is 1. The van der Waals surface area contributed by atoms with Gasteiger partial charge in [0.05, 0.1) is 18.9 Å². The van der Waals surface area contributed by atoms with Gasteiger partial charge in [-0.1, -0.05) is 6.92 Å². The highest BCUT2D eigenvalue weighted by Crippen LogP contribution is 2.21. The van der Waals surface area contributed by atoms with Crippen LogP contribution in [-0.4, -0.2) is 57.1 Å². The van der Waals surface area contributed by atoms with Crippen LogP contribution in [0.3, 0.4) is 0 Å². The SMILES string of the molecule is CCc1nn(C)c2c1nc(N)n2CCCN1CCOCC1. The maximum atomic E-state index is 6.09. The van der Waals surface area contributed by atoms with Gasteiger partial charge in [-0.15, -0.1) is 0 Å². The summed E-state index contributed by atoms with van der Waals surface area (Å²) in [6, 6.07) is 0. The predicted octanol–water partition coefficient (Wildman–Crippen LogP) is 0.637. The Morgan fingerprint density at radius 2 is 2.00 bits per heavy atom. The zero-order chi connectivity index (χ0) is 14.8. The van der Waals surface area contributed by atoms with Gasteiger partial charge in [-0.2, -0.15) is 5.10 Å². The minimum Gasteiger partial charge on any atom is -0.379 e. The third-order valence-electron chi connectivity index (χ3n) is 4.12. The summed E-state index contributed by atoms with van der Waals surface area (Å²) in [6.07, 6.45) is 1.93. The van der Waals surface area contributed by atoms with E-state index in [2.05, 4.69) is 26.5 Å². The zero-order valence-corrected chi connectivity index (χ0v) is 12.9. The number of aryl methyl sites for hydroxylation is 3. The van der Waals surface area contributed by atoms with Crippen molar-refractivity contribution in [2.75, 3.05) is 38.6 Å². The van der Waals surface area contributed by atoms with Gasteiger partial charge in [0.2, 0.25) is 5.95 Å². The number of nitrogens with zero attached hydrogens (tertiary/aromatic N) is 5. The van der Waals surface area contributed by atoms with Crippen molar-refractivity contribution in [3.05, 3.63) is 5.69 Å². The Bertz CT molecular complexity index is 611. The van der Waals surface area contributed by atoms with E-state index in [1.165, 1.54) is 0 Å². The molecule has 0 aliphatic carbocycles. The first kappa shape index (κ1) is 14.3. The van der Waals surface area contributed by atoms with Crippen LogP contribution < -0.4 is 5.73 Å². The van der Waals surface area contributed by atoms with Crippen molar-refractivity contribution in [1.82, 2.24) is 24.2 Å². The van der Waals surface area contributed by atoms with Crippen molar-refractivity contribution in [3.63, 3.8) is 0 Å². The van der Waals surface area contributed by atoms with E-state index in [-0.39, 0.29) is 0 Å². The summed E-state index contributed by atoms with van der Waals surface area (Å²) >= 11 is 0. The summed E-state index contributed by atoms with van der Waals surface area (Å²) in [5.41, 5.74) is 9.09. The molecule has 2 aromatic heterocycles. The van der Waals surface area contributed by atoms with Crippen LogP contribution >= 0.6 is 0 Å². The normalized spacial score (nSPS) is 16.9. The molecule has 0 atom stereocenters. The fraction of sp³-hybridized carbons (Fsp3) is 0.714. The number of aromatic nitrogens is 4. The van der Waals surface area contributed by atoms with Crippen molar-refractivity contribution in [3.8, 4) is 0 Å². The molecule has 116 valence electrons. The number of fused-ring (bicyclic) bond motifs is 1. The van der Waals surface area contributed by atoms with Crippen LogP contribution in [0.1, 0.15) is 19.0 Å². The molecule has 0 aromatic carbocycles. The maximum Gasteiger partial charge on any atom is 0.202 e. The molecule has 1 fully saturated rings. The smallest absolute Gasteiger partial charge is 0.202 e. The lowest BCUT2D eigenvalue weighted by Gasteiger charge is -2.26. The van der Waals surface area contributed by atoms with Crippen LogP contribution in [0.15, 0.2) is 0 Å². The number of morpholine rings is 1. The molecule has 1 aliphatic heterocycles. The summed E-state index contributed by atoms with van der Waals surface area (Å²) in [4.78, 5) is 6.93. The van der Waals surface area contributed by atoms with E-state index >= 15 is 0 Å². The first-order chi connectivity index (χ1) is 10.2. The molecule has 0 saturated carbocycles. The van der Waals surface area contributed by atoms with Gasteiger partial charge in [0.25, 0.3) is 0 Å². The van der Waals surface area contributed by atoms with Crippen molar-refractivity contribution in [2.24, 2.45) is 7.05 Å². The van der Waals surface area contributed by atoms with Gasteiger partial charge < -0.3 is 10.5 Å². The van der Waals surface area contributed by atoms with Gasteiger partial charge in [0.1, 0.15) is 5.52 Å². The van der Waals surface area contributed by atoms with E-state index < -0.39 is 0 Å². The molecule has 0 bridgehead atoms. The van der Waals surface area contributed by atoms with E-state index in [4.69, 9.17) is 10.5 Å². The minimum absolute atomic E-state index is 0.592. The standard InChI is InChI=1S/C14H24N6O/c1-3-11-12-13(18(2)17-11)20(14(15)16-12)6-4-5-19-7-9-21-10-8-19/h3-10H2,1-2H3,(H2,15,16). The molecule has 7 heteroatoms. The topological polar surface area (TPSA) is 74.1 Å².